The Bertz CT molecular complexity index is 621. The Labute approximate surface area is 115 Å². The van der Waals surface area contributed by atoms with Crippen LogP contribution < -0.4 is 5.32 Å². The molecule has 0 spiro atoms. The van der Waals surface area contributed by atoms with Gasteiger partial charge in [0.15, 0.2) is 5.76 Å². The van der Waals surface area contributed by atoms with E-state index in [1.54, 1.807) is 0 Å². The molecule has 1 aromatic rings. The lowest BCUT2D eigenvalue weighted by Crippen LogP contribution is -2.35. The van der Waals surface area contributed by atoms with Crippen LogP contribution in [0.2, 0.25) is 0 Å². The first-order chi connectivity index (χ1) is 9.40. The predicted molar refractivity (Wildman–Crippen MR) is 68.0 cm³/mol. The van der Waals surface area contributed by atoms with Crippen LogP contribution in [0, 0.1) is 0 Å². The molecule has 0 radical (unpaired) electrons. The summed E-state index contributed by atoms with van der Waals surface area (Å²) < 4.78 is 29.2. The zero-order valence-corrected chi connectivity index (χ0v) is 11.4. The Balaban J connectivity index is 1.84. The van der Waals surface area contributed by atoms with Crippen LogP contribution in [0.3, 0.4) is 0 Å². The van der Waals surface area contributed by atoms with Crippen molar-refractivity contribution >= 4 is 21.9 Å². The van der Waals surface area contributed by atoms with E-state index in [0.717, 1.165) is 12.3 Å². The number of rotatable bonds is 5. The molecule has 2 rings (SSSR count). The number of carboxylic acid groups (broad SMARTS) is 1. The standard InChI is InChI=1S/C11H14N2O6S/c14-10(9-6-8(7-19-9)11(15)16)12-2-4-13-3-1-5-20(13,17)18/h6-7H,1-5H2,(H,12,14)(H,15,16). The largest absolute Gasteiger partial charge is 0.478 e. The summed E-state index contributed by atoms with van der Waals surface area (Å²) >= 11 is 0. The number of carbonyl (C=O) groups excluding carboxylic acids is 1. The van der Waals surface area contributed by atoms with Gasteiger partial charge in [-0.2, -0.15) is 0 Å². The second-order valence-corrected chi connectivity index (χ2v) is 6.42. The van der Waals surface area contributed by atoms with Crippen molar-refractivity contribution < 1.29 is 27.5 Å². The molecule has 1 aromatic heterocycles. The minimum Gasteiger partial charge on any atom is -0.478 e. The Morgan fingerprint density at radius 3 is 2.75 bits per heavy atom. The maximum absolute atomic E-state index is 11.6. The van der Waals surface area contributed by atoms with Gasteiger partial charge in [0, 0.05) is 25.7 Å². The van der Waals surface area contributed by atoms with E-state index in [0.29, 0.717) is 13.0 Å². The van der Waals surface area contributed by atoms with Gasteiger partial charge in [0.1, 0.15) is 6.26 Å². The summed E-state index contributed by atoms with van der Waals surface area (Å²) in [7, 11) is -3.18. The monoisotopic (exact) mass is 302 g/mol. The fourth-order valence-electron chi connectivity index (χ4n) is 1.89. The maximum Gasteiger partial charge on any atom is 0.338 e. The van der Waals surface area contributed by atoms with E-state index < -0.39 is 21.9 Å². The summed E-state index contributed by atoms with van der Waals surface area (Å²) in [5.41, 5.74) is -0.114. The molecule has 0 aromatic carbocycles. The highest BCUT2D eigenvalue weighted by molar-refractivity contribution is 7.89. The molecule has 2 N–H and O–H groups in total. The van der Waals surface area contributed by atoms with Crippen LogP contribution in [0.25, 0.3) is 0 Å². The van der Waals surface area contributed by atoms with Crippen molar-refractivity contribution in [1.82, 2.24) is 9.62 Å². The van der Waals surface area contributed by atoms with E-state index in [4.69, 9.17) is 9.52 Å². The molecule has 0 unspecified atom stereocenters. The summed E-state index contributed by atoms with van der Waals surface area (Å²) in [6.07, 6.45) is 1.57. The van der Waals surface area contributed by atoms with E-state index >= 15 is 0 Å². The molecule has 0 atom stereocenters. The first-order valence-corrected chi connectivity index (χ1v) is 7.59. The fourth-order valence-corrected chi connectivity index (χ4v) is 3.42. The molecule has 2 heterocycles. The van der Waals surface area contributed by atoms with E-state index in [9.17, 15) is 18.0 Å². The van der Waals surface area contributed by atoms with Gasteiger partial charge in [0.2, 0.25) is 10.0 Å². The van der Waals surface area contributed by atoms with Gasteiger partial charge >= 0.3 is 5.97 Å². The van der Waals surface area contributed by atoms with Gasteiger partial charge < -0.3 is 14.8 Å². The fraction of sp³-hybridized carbons (Fsp3) is 0.455. The van der Waals surface area contributed by atoms with E-state index in [1.165, 1.54) is 4.31 Å². The molecule has 8 nitrogen and oxygen atoms in total. The van der Waals surface area contributed by atoms with Gasteiger partial charge in [-0.3, -0.25) is 4.79 Å². The van der Waals surface area contributed by atoms with Gasteiger partial charge in [-0.05, 0) is 6.42 Å². The number of hydrogen-bond donors (Lipinski definition) is 2. The molecular weight excluding hydrogens is 288 g/mol. The van der Waals surface area contributed by atoms with Gasteiger partial charge in [-0.15, -0.1) is 0 Å². The van der Waals surface area contributed by atoms with Crippen LogP contribution in [-0.4, -0.2) is 55.1 Å². The van der Waals surface area contributed by atoms with E-state index in [1.807, 2.05) is 0 Å². The quantitative estimate of drug-likeness (QED) is 0.774. The van der Waals surface area contributed by atoms with Crippen molar-refractivity contribution in [3.05, 3.63) is 23.7 Å². The molecule has 0 saturated carbocycles. The summed E-state index contributed by atoms with van der Waals surface area (Å²) in [5, 5.41) is 11.2. The van der Waals surface area contributed by atoms with Gasteiger partial charge in [-0.1, -0.05) is 0 Å². The first kappa shape index (κ1) is 14.5. The number of sulfonamides is 1. The number of carbonyl (C=O) groups is 2. The number of carboxylic acids is 1. The van der Waals surface area contributed by atoms with Crippen LogP contribution in [-0.2, 0) is 10.0 Å². The number of hydrogen-bond acceptors (Lipinski definition) is 5. The number of nitrogens with one attached hydrogen (secondary N) is 1. The summed E-state index contributed by atoms with van der Waals surface area (Å²) in [4.78, 5) is 22.3. The highest BCUT2D eigenvalue weighted by Crippen LogP contribution is 2.12. The first-order valence-electron chi connectivity index (χ1n) is 5.98. The Morgan fingerprint density at radius 2 is 2.20 bits per heavy atom. The molecule has 1 amide bonds. The van der Waals surface area contributed by atoms with Crippen molar-refractivity contribution in [3.8, 4) is 0 Å². The third-order valence-corrected chi connectivity index (χ3v) is 4.88. The minimum atomic E-state index is -3.18. The molecule has 1 saturated heterocycles. The summed E-state index contributed by atoms with van der Waals surface area (Å²) in [6.45, 7) is 0.795. The second kappa shape index (κ2) is 5.63. The molecule has 9 heteroatoms. The van der Waals surface area contributed by atoms with Crippen molar-refractivity contribution in [1.29, 1.82) is 0 Å². The topological polar surface area (TPSA) is 117 Å². The lowest BCUT2D eigenvalue weighted by atomic mass is 10.3. The van der Waals surface area contributed by atoms with Crippen molar-refractivity contribution in [2.45, 2.75) is 6.42 Å². The number of aromatic carboxylic acids is 1. The molecule has 1 aliphatic heterocycles. The molecular formula is C11H14N2O6S. The number of furan rings is 1. The van der Waals surface area contributed by atoms with Crippen LogP contribution in [0.5, 0.6) is 0 Å². The summed E-state index contributed by atoms with van der Waals surface area (Å²) in [5.74, 6) is -1.74. The molecule has 0 aliphatic carbocycles. The third-order valence-electron chi connectivity index (χ3n) is 2.92. The third kappa shape index (κ3) is 3.17. The Morgan fingerprint density at radius 1 is 1.45 bits per heavy atom. The molecule has 1 aliphatic rings. The molecule has 110 valence electrons. The molecule has 0 bridgehead atoms. The van der Waals surface area contributed by atoms with Crippen molar-refractivity contribution in [2.24, 2.45) is 0 Å². The maximum atomic E-state index is 11.6. The van der Waals surface area contributed by atoms with Gasteiger partial charge in [-0.25, -0.2) is 17.5 Å². The lowest BCUT2D eigenvalue weighted by Gasteiger charge is -2.13. The van der Waals surface area contributed by atoms with Crippen LogP contribution in [0.15, 0.2) is 16.7 Å². The average Bonchev–Trinajstić information content (AvgIpc) is 2.96. The predicted octanol–water partition coefficient (Wildman–Crippen LogP) is -0.257. The van der Waals surface area contributed by atoms with Crippen LogP contribution in [0.1, 0.15) is 27.3 Å². The SMILES string of the molecule is O=C(O)c1coc(C(=O)NCCN2CCCS2(=O)=O)c1. The number of amides is 1. The minimum absolute atomic E-state index is 0.114. The average molecular weight is 302 g/mol. The van der Waals surface area contributed by atoms with Crippen molar-refractivity contribution in [2.75, 3.05) is 25.4 Å². The highest BCUT2D eigenvalue weighted by atomic mass is 32.2. The van der Waals surface area contributed by atoms with Crippen molar-refractivity contribution in [3.63, 3.8) is 0 Å². The molecule has 1 fully saturated rings. The molecule has 20 heavy (non-hydrogen) atoms. The van der Waals surface area contributed by atoms with E-state index in [-0.39, 0.29) is 30.2 Å². The number of nitrogens with zero attached hydrogens (tertiary/aromatic N) is 1. The lowest BCUT2D eigenvalue weighted by molar-refractivity contribution is 0.0695. The smallest absolute Gasteiger partial charge is 0.338 e. The zero-order valence-electron chi connectivity index (χ0n) is 10.5. The van der Waals surface area contributed by atoms with Crippen LogP contribution >= 0.6 is 0 Å². The van der Waals surface area contributed by atoms with Gasteiger partial charge in [0.05, 0.1) is 11.3 Å². The Kier molecular flexibility index (Phi) is 4.09. The Hall–Kier alpha value is -1.87. The highest BCUT2D eigenvalue weighted by Gasteiger charge is 2.27. The second-order valence-electron chi connectivity index (χ2n) is 4.33. The summed E-state index contributed by atoms with van der Waals surface area (Å²) in [6, 6.07) is 1.12. The normalized spacial score (nSPS) is 18.0. The van der Waals surface area contributed by atoms with E-state index in [2.05, 4.69) is 5.32 Å². The van der Waals surface area contributed by atoms with Crippen LogP contribution in [0.4, 0.5) is 0 Å². The van der Waals surface area contributed by atoms with Gasteiger partial charge in [0.25, 0.3) is 5.91 Å². The zero-order chi connectivity index (χ0) is 14.8.